The summed E-state index contributed by atoms with van der Waals surface area (Å²) in [5.74, 6) is 1.25. The fourth-order valence-corrected chi connectivity index (χ4v) is 2.89. The van der Waals surface area contributed by atoms with Crippen LogP contribution in [0.2, 0.25) is 0 Å². The van der Waals surface area contributed by atoms with Gasteiger partial charge in [0.15, 0.2) is 0 Å². The van der Waals surface area contributed by atoms with Gasteiger partial charge in [-0.05, 0) is 42.6 Å². The van der Waals surface area contributed by atoms with E-state index in [9.17, 15) is 4.79 Å². The van der Waals surface area contributed by atoms with Crippen molar-refractivity contribution in [2.75, 3.05) is 26.7 Å². The van der Waals surface area contributed by atoms with Crippen LogP contribution in [0.25, 0.3) is 11.1 Å². The molecule has 5 heteroatoms. The van der Waals surface area contributed by atoms with E-state index < -0.39 is 0 Å². The number of carbonyl (C=O) groups is 1. The van der Waals surface area contributed by atoms with E-state index >= 15 is 0 Å². The van der Waals surface area contributed by atoms with Gasteiger partial charge < -0.3 is 15.4 Å². The van der Waals surface area contributed by atoms with Crippen LogP contribution < -0.4 is 10.5 Å². The summed E-state index contributed by atoms with van der Waals surface area (Å²) < 4.78 is 5.17. The average Bonchev–Trinajstić information content (AvgIpc) is 3.10. The molecule has 0 radical (unpaired) electrons. The highest BCUT2D eigenvalue weighted by molar-refractivity contribution is 5.95. The molecule has 1 unspecified atom stereocenters. The van der Waals surface area contributed by atoms with Gasteiger partial charge in [0, 0.05) is 31.0 Å². The van der Waals surface area contributed by atoms with Gasteiger partial charge in [0.1, 0.15) is 5.75 Å². The molecule has 1 fully saturated rings. The van der Waals surface area contributed by atoms with Gasteiger partial charge in [0.2, 0.25) is 0 Å². The number of amides is 1. The molecule has 5 nitrogen and oxygen atoms in total. The Hall–Kier alpha value is -2.40. The predicted molar refractivity (Wildman–Crippen MR) is 89.3 cm³/mol. The number of hydrogen-bond acceptors (Lipinski definition) is 4. The number of nitrogens with zero attached hydrogens (tertiary/aromatic N) is 2. The molecular formula is C18H21N3O2. The third-order valence-electron chi connectivity index (χ3n) is 4.31. The highest BCUT2D eigenvalue weighted by atomic mass is 16.5. The predicted octanol–water partition coefficient (Wildman–Crippen LogP) is 2.18. The number of hydrogen-bond donors (Lipinski definition) is 1. The molecule has 0 aliphatic carbocycles. The van der Waals surface area contributed by atoms with Crippen LogP contribution in [0.3, 0.4) is 0 Å². The van der Waals surface area contributed by atoms with Gasteiger partial charge in [-0.3, -0.25) is 9.78 Å². The second-order valence-electron chi connectivity index (χ2n) is 5.83. The number of carbonyl (C=O) groups excluding carboxylic acids is 1. The van der Waals surface area contributed by atoms with Crippen LogP contribution in [0.1, 0.15) is 16.8 Å². The van der Waals surface area contributed by atoms with Crippen molar-refractivity contribution in [3.05, 3.63) is 48.3 Å². The van der Waals surface area contributed by atoms with E-state index in [0.29, 0.717) is 18.0 Å². The van der Waals surface area contributed by atoms with Crippen molar-refractivity contribution >= 4 is 5.91 Å². The minimum atomic E-state index is 0.0313. The van der Waals surface area contributed by atoms with Gasteiger partial charge in [0.05, 0.1) is 12.7 Å². The highest BCUT2D eigenvalue weighted by Crippen LogP contribution is 2.24. The maximum Gasteiger partial charge on any atom is 0.255 e. The molecule has 1 amide bonds. The number of ether oxygens (including phenoxy) is 1. The van der Waals surface area contributed by atoms with Crippen LogP contribution in [0.15, 0.2) is 42.7 Å². The number of likely N-dealkylation sites (tertiary alicyclic amines) is 1. The lowest BCUT2D eigenvalue weighted by Gasteiger charge is -2.16. The van der Waals surface area contributed by atoms with E-state index in [2.05, 4.69) is 4.98 Å². The molecule has 120 valence electrons. The first-order valence-corrected chi connectivity index (χ1v) is 7.80. The van der Waals surface area contributed by atoms with Crippen molar-refractivity contribution in [2.24, 2.45) is 11.7 Å². The molecule has 1 aliphatic rings. The molecule has 1 saturated heterocycles. The van der Waals surface area contributed by atoms with Gasteiger partial charge in [0.25, 0.3) is 5.91 Å². The maximum atomic E-state index is 12.6. The Bertz CT molecular complexity index is 685. The van der Waals surface area contributed by atoms with Gasteiger partial charge in [-0.25, -0.2) is 0 Å². The summed E-state index contributed by atoms with van der Waals surface area (Å²) in [6.45, 7) is 2.14. The molecule has 2 heterocycles. The van der Waals surface area contributed by atoms with Crippen LogP contribution in [-0.2, 0) is 0 Å². The zero-order valence-corrected chi connectivity index (χ0v) is 13.2. The lowest BCUT2D eigenvalue weighted by atomic mass is 10.1. The topological polar surface area (TPSA) is 68.5 Å². The summed E-state index contributed by atoms with van der Waals surface area (Å²) in [5.41, 5.74) is 8.25. The van der Waals surface area contributed by atoms with Crippen LogP contribution in [0, 0.1) is 5.92 Å². The first kappa shape index (κ1) is 15.5. The lowest BCUT2D eigenvalue weighted by molar-refractivity contribution is 0.0787. The van der Waals surface area contributed by atoms with Crippen LogP contribution in [-0.4, -0.2) is 42.5 Å². The number of rotatable bonds is 4. The minimum Gasteiger partial charge on any atom is -0.497 e. The van der Waals surface area contributed by atoms with Crippen LogP contribution in [0.4, 0.5) is 0 Å². The van der Waals surface area contributed by atoms with Gasteiger partial charge >= 0.3 is 0 Å². The zero-order valence-electron chi connectivity index (χ0n) is 13.2. The molecule has 0 saturated carbocycles. The Morgan fingerprint density at radius 1 is 1.30 bits per heavy atom. The fraction of sp³-hybridized carbons (Fsp3) is 0.333. The molecular weight excluding hydrogens is 290 g/mol. The van der Waals surface area contributed by atoms with Crippen molar-refractivity contribution < 1.29 is 9.53 Å². The maximum absolute atomic E-state index is 12.6. The quantitative estimate of drug-likeness (QED) is 0.939. The van der Waals surface area contributed by atoms with Crippen molar-refractivity contribution in [3.63, 3.8) is 0 Å². The molecule has 1 atom stereocenters. The third kappa shape index (κ3) is 3.35. The van der Waals surface area contributed by atoms with E-state index in [-0.39, 0.29) is 5.91 Å². The second-order valence-corrected chi connectivity index (χ2v) is 5.83. The summed E-state index contributed by atoms with van der Waals surface area (Å²) in [5, 5.41) is 0. The summed E-state index contributed by atoms with van der Waals surface area (Å²) in [4.78, 5) is 18.7. The van der Waals surface area contributed by atoms with Gasteiger partial charge in [-0.15, -0.1) is 0 Å². The number of methoxy groups -OCH3 is 1. The Balaban J connectivity index is 1.80. The Labute approximate surface area is 136 Å². The Morgan fingerprint density at radius 3 is 2.74 bits per heavy atom. The van der Waals surface area contributed by atoms with E-state index in [4.69, 9.17) is 10.5 Å². The smallest absolute Gasteiger partial charge is 0.255 e. The lowest BCUT2D eigenvalue weighted by Crippen LogP contribution is -2.29. The summed E-state index contributed by atoms with van der Waals surface area (Å²) in [6.07, 6.45) is 4.38. The van der Waals surface area contributed by atoms with Crippen LogP contribution >= 0.6 is 0 Å². The molecule has 0 bridgehead atoms. The minimum absolute atomic E-state index is 0.0313. The highest BCUT2D eigenvalue weighted by Gasteiger charge is 2.26. The monoisotopic (exact) mass is 311 g/mol. The fourth-order valence-electron chi connectivity index (χ4n) is 2.89. The second kappa shape index (κ2) is 6.79. The van der Waals surface area contributed by atoms with E-state index in [0.717, 1.165) is 36.4 Å². The number of aromatic nitrogens is 1. The first-order valence-electron chi connectivity index (χ1n) is 7.80. The third-order valence-corrected chi connectivity index (χ3v) is 4.31. The van der Waals surface area contributed by atoms with Crippen molar-refractivity contribution in [3.8, 4) is 16.9 Å². The van der Waals surface area contributed by atoms with E-state index in [1.807, 2.05) is 35.2 Å². The molecule has 0 spiro atoms. The number of nitrogens with two attached hydrogens (primary N) is 1. The van der Waals surface area contributed by atoms with Crippen molar-refractivity contribution in [2.45, 2.75) is 6.42 Å². The molecule has 1 aliphatic heterocycles. The SMILES string of the molecule is COc1ccc(-c2cncc(C(=O)N3CCC(CN)C3)c2)cc1. The molecule has 3 rings (SSSR count). The van der Waals surface area contributed by atoms with Crippen molar-refractivity contribution in [1.29, 1.82) is 0 Å². The Kier molecular flexibility index (Phi) is 4.57. The Morgan fingerprint density at radius 2 is 2.09 bits per heavy atom. The van der Waals surface area contributed by atoms with Gasteiger partial charge in [-0.1, -0.05) is 12.1 Å². The molecule has 23 heavy (non-hydrogen) atoms. The average molecular weight is 311 g/mol. The first-order chi connectivity index (χ1) is 11.2. The summed E-state index contributed by atoms with van der Waals surface area (Å²) in [6, 6.07) is 9.62. The number of pyridine rings is 1. The molecule has 1 aromatic heterocycles. The largest absolute Gasteiger partial charge is 0.497 e. The van der Waals surface area contributed by atoms with Gasteiger partial charge in [-0.2, -0.15) is 0 Å². The number of benzene rings is 1. The van der Waals surface area contributed by atoms with E-state index in [1.165, 1.54) is 0 Å². The van der Waals surface area contributed by atoms with Crippen LogP contribution in [0.5, 0.6) is 5.75 Å². The summed E-state index contributed by atoms with van der Waals surface area (Å²) >= 11 is 0. The van der Waals surface area contributed by atoms with E-state index in [1.54, 1.807) is 19.5 Å². The molecule has 1 aromatic carbocycles. The molecule has 2 N–H and O–H groups in total. The zero-order chi connectivity index (χ0) is 16.2. The molecule has 2 aromatic rings. The standard InChI is InChI=1S/C18H21N3O2/c1-23-17-4-2-14(3-5-17)15-8-16(11-20-10-15)18(22)21-7-6-13(9-19)12-21/h2-5,8,10-11,13H,6-7,9,12,19H2,1H3. The normalized spacial score (nSPS) is 17.3. The summed E-state index contributed by atoms with van der Waals surface area (Å²) in [7, 11) is 1.64. The van der Waals surface area contributed by atoms with Crippen molar-refractivity contribution in [1.82, 2.24) is 9.88 Å².